The van der Waals surface area contributed by atoms with Gasteiger partial charge in [0.05, 0.1) is 16.8 Å². The average Bonchev–Trinajstić information content (AvgIpc) is 2.91. The van der Waals surface area contributed by atoms with E-state index in [1.807, 2.05) is 30.5 Å². The fourth-order valence-electron chi connectivity index (χ4n) is 3.06. The molecular weight excluding hydrogens is 388 g/mol. The van der Waals surface area contributed by atoms with Crippen LogP contribution in [-0.2, 0) is 4.74 Å². The van der Waals surface area contributed by atoms with Crippen molar-refractivity contribution in [2.24, 2.45) is 0 Å². The van der Waals surface area contributed by atoms with E-state index in [2.05, 4.69) is 20.9 Å². The van der Waals surface area contributed by atoms with Crippen molar-refractivity contribution < 1.29 is 14.3 Å². The van der Waals surface area contributed by atoms with Crippen molar-refractivity contribution in [1.29, 1.82) is 0 Å². The Morgan fingerprint density at radius 1 is 1.20 bits per heavy atom. The topological polar surface area (TPSA) is 67.2 Å². The number of imidazole rings is 1. The van der Waals surface area contributed by atoms with E-state index in [1.165, 1.54) is 0 Å². The molecule has 1 fully saturated rings. The van der Waals surface area contributed by atoms with Crippen LogP contribution in [-0.4, -0.2) is 64.0 Å². The molecule has 25 heavy (non-hydrogen) atoms. The Bertz CT molecular complexity index is 825. The number of piperazine rings is 1. The van der Waals surface area contributed by atoms with Crippen LogP contribution >= 0.6 is 15.9 Å². The van der Waals surface area contributed by atoms with Crippen LogP contribution in [0.3, 0.4) is 0 Å². The van der Waals surface area contributed by atoms with Crippen LogP contribution < -0.4 is 0 Å². The first-order valence-corrected chi connectivity index (χ1v) is 9.07. The highest BCUT2D eigenvalue weighted by Crippen LogP contribution is 2.23. The maximum absolute atomic E-state index is 13.0. The molecule has 0 aliphatic carbocycles. The second-order valence-corrected chi connectivity index (χ2v) is 6.94. The maximum atomic E-state index is 13.0. The number of carbonyl (C=O) groups excluding carboxylic acids is 2. The number of rotatable bonds is 2. The molecule has 8 heteroatoms. The van der Waals surface area contributed by atoms with Crippen LogP contribution in [0.1, 0.15) is 28.7 Å². The predicted molar refractivity (Wildman–Crippen MR) is 96.9 cm³/mol. The number of aryl methyl sites for hydroxylation is 2. The molecule has 0 atom stereocenters. The molecule has 0 N–H and O–H groups in total. The van der Waals surface area contributed by atoms with Crippen molar-refractivity contribution in [2.45, 2.75) is 20.8 Å². The monoisotopic (exact) mass is 408 g/mol. The minimum Gasteiger partial charge on any atom is -0.450 e. The lowest BCUT2D eigenvalue weighted by atomic mass is 10.2. The van der Waals surface area contributed by atoms with Gasteiger partial charge >= 0.3 is 6.09 Å². The summed E-state index contributed by atoms with van der Waals surface area (Å²) in [6, 6.07) is 1.98. The number of fused-ring (bicyclic) bond motifs is 1. The third-order valence-corrected chi connectivity index (χ3v) is 4.87. The van der Waals surface area contributed by atoms with E-state index < -0.39 is 0 Å². The molecule has 134 valence electrons. The molecule has 2 amide bonds. The van der Waals surface area contributed by atoms with Crippen LogP contribution in [0.15, 0.2) is 16.7 Å². The normalized spacial score (nSPS) is 14.9. The summed E-state index contributed by atoms with van der Waals surface area (Å²) in [6.45, 7) is 7.88. The zero-order chi connectivity index (χ0) is 18.1. The van der Waals surface area contributed by atoms with Gasteiger partial charge in [-0.1, -0.05) is 0 Å². The van der Waals surface area contributed by atoms with Gasteiger partial charge in [-0.3, -0.25) is 9.20 Å². The largest absolute Gasteiger partial charge is 0.450 e. The molecule has 1 aliphatic rings. The lowest BCUT2D eigenvalue weighted by Gasteiger charge is -2.34. The fraction of sp³-hybridized carbons (Fsp3) is 0.471. The van der Waals surface area contributed by atoms with Crippen molar-refractivity contribution in [3.05, 3.63) is 33.7 Å². The molecule has 0 bridgehead atoms. The summed E-state index contributed by atoms with van der Waals surface area (Å²) < 4.78 is 7.72. The van der Waals surface area contributed by atoms with E-state index in [1.54, 1.807) is 16.7 Å². The van der Waals surface area contributed by atoms with Gasteiger partial charge in [0, 0.05) is 32.4 Å². The minimum absolute atomic E-state index is 0.0639. The Labute approximate surface area is 154 Å². The summed E-state index contributed by atoms with van der Waals surface area (Å²) >= 11 is 3.51. The summed E-state index contributed by atoms with van der Waals surface area (Å²) in [6.07, 6.45) is 1.60. The van der Waals surface area contributed by atoms with Crippen LogP contribution in [0.4, 0.5) is 4.79 Å². The number of carbonyl (C=O) groups is 2. The Kier molecular flexibility index (Phi) is 4.99. The van der Waals surface area contributed by atoms with E-state index in [0.717, 1.165) is 15.7 Å². The standard InChI is InChI=1S/C17H21BrN4O3/c1-4-25-17(24)21-7-5-20(6-8-21)16(23)14-12(3)19-15-13(18)9-11(2)10-22(14)15/h9-10H,4-8H2,1-3H3. The SMILES string of the molecule is CCOC(=O)N1CCN(C(=O)c2c(C)nc3c(Br)cc(C)cn23)CC1. The van der Waals surface area contributed by atoms with E-state index in [9.17, 15) is 9.59 Å². The molecule has 1 saturated heterocycles. The summed E-state index contributed by atoms with van der Waals surface area (Å²) in [7, 11) is 0. The van der Waals surface area contributed by atoms with E-state index in [-0.39, 0.29) is 12.0 Å². The summed E-state index contributed by atoms with van der Waals surface area (Å²) in [4.78, 5) is 32.7. The molecule has 0 radical (unpaired) electrons. The molecule has 0 saturated carbocycles. The van der Waals surface area contributed by atoms with Crippen LogP contribution in [0.5, 0.6) is 0 Å². The molecule has 7 nitrogen and oxygen atoms in total. The van der Waals surface area contributed by atoms with Gasteiger partial charge in [-0.15, -0.1) is 0 Å². The highest BCUT2D eigenvalue weighted by molar-refractivity contribution is 9.10. The van der Waals surface area contributed by atoms with Crippen molar-refractivity contribution in [2.75, 3.05) is 32.8 Å². The molecule has 3 rings (SSSR count). The number of hydrogen-bond acceptors (Lipinski definition) is 4. The molecular formula is C17H21BrN4O3. The van der Waals surface area contributed by atoms with Gasteiger partial charge in [-0.05, 0) is 48.3 Å². The highest BCUT2D eigenvalue weighted by Gasteiger charge is 2.28. The zero-order valence-corrected chi connectivity index (χ0v) is 16.2. The Balaban J connectivity index is 1.82. The van der Waals surface area contributed by atoms with Gasteiger partial charge < -0.3 is 14.5 Å². The third kappa shape index (κ3) is 3.35. The van der Waals surface area contributed by atoms with Crippen molar-refractivity contribution >= 4 is 33.6 Å². The molecule has 3 heterocycles. The fourth-order valence-corrected chi connectivity index (χ4v) is 3.70. The number of halogens is 1. The first-order valence-electron chi connectivity index (χ1n) is 8.28. The van der Waals surface area contributed by atoms with E-state index >= 15 is 0 Å². The van der Waals surface area contributed by atoms with Crippen LogP contribution in [0.25, 0.3) is 5.65 Å². The molecule has 2 aromatic heterocycles. The van der Waals surface area contributed by atoms with E-state index in [0.29, 0.717) is 44.2 Å². The number of pyridine rings is 1. The molecule has 0 aromatic carbocycles. The lowest BCUT2D eigenvalue weighted by Crippen LogP contribution is -2.51. The molecule has 0 spiro atoms. The number of amides is 2. The number of aromatic nitrogens is 2. The lowest BCUT2D eigenvalue weighted by molar-refractivity contribution is 0.0564. The number of hydrogen-bond donors (Lipinski definition) is 0. The predicted octanol–water partition coefficient (Wildman–Crippen LogP) is 2.63. The van der Waals surface area contributed by atoms with Crippen molar-refractivity contribution in [3.8, 4) is 0 Å². The first-order chi connectivity index (χ1) is 11.9. The Morgan fingerprint density at radius 3 is 2.48 bits per heavy atom. The average molecular weight is 409 g/mol. The maximum Gasteiger partial charge on any atom is 0.409 e. The van der Waals surface area contributed by atoms with Gasteiger partial charge in [-0.25, -0.2) is 9.78 Å². The number of nitrogens with zero attached hydrogens (tertiary/aromatic N) is 4. The van der Waals surface area contributed by atoms with Crippen molar-refractivity contribution in [1.82, 2.24) is 19.2 Å². The van der Waals surface area contributed by atoms with Crippen LogP contribution in [0.2, 0.25) is 0 Å². The second kappa shape index (κ2) is 7.03. The Morgan fingerprint density at radius 2 is 1.84 bits per heavy atom. The smallest absolute Gasteiger partial charge is 0.409 e. The second-order valence-electron chi connectivity index (χ2n) is 6.08. The third-order valence-electron chi connectivity index (χ3n) is 4.28. The summed E-state index contributed by atoms with van der Waals surface area (Å²) in [5, 5.41) is 0. The van der Waals surface area contributed by atoms with Gasteiger partial charge in [0.25, 0.3) is 5.91 Å². The first kappa shape index (κ1) is 17.7. The summed E-state index contributed by atoms with van der Waals surface area (Å²) in [5.74, 6) is -0.0639. The quantitative estimate of drug-likeness (QED) is 0.765. The number of ether oxygens (including phenoxy) is 1. The van der Waals surface area contributed by atoms with E-state index in [4.69, 9.17) is 4.74 Å². The summed E-state index contributed by atoms with van der Waals surface area (Å²) in [5.41, 5.74) is 3.04. The Hall–Kier alpha value is -2.09. The zero-order valence-electron chi connectivity index (χ0n) is 14.6. The van der Waals surface area contributed by atoms with Gasteiger partial charge in [0.1, 0.15) is 5.69 Å². The van der Waals surface area contributed by atoms with Gasteiger partial charge in [-0.2, -0.15) is 0 Å². The van der Waals surface area contributed by atoms with Gasteiger partial charge in [0.2, 0.25) is 0 Å². The molecule has 2 aromatic rings. The minimum atomic E-state index is -0.319. The van der Waals surface area contributed by atoms with Gasteiger partial charge in [0.15, 0.2) is 5.65 Å². The molecule has 1 aliphatic heterocycles. The van der Waals surface area contributed by atoms with Crippen molar-refractivity contribution in [3.63, 3.8) is 0 Å². The molecule has 0 unspecified atom stereocenters. The van der Waals surface area contributed by atoms with Crippen LogP contribution in [0, 0.1) is 13.8 Å². The highest BCUT2D eigenvalue weighted by atomic mass is 79.9.